The molecule has 2 aliphatic rings. The van der Waals surface area contributed by atoms with E-state index in [1.165, 1.54) is 10.5 Å². The van der Waals surface area contributed by atoms with Crippen LogP contribution >= 0.6 is 0 Å². The monoisotopic (exact) mass is 454 g/mol. The Labute approximate surface area is 198 Å². The maximum Gasteiger partial charge on any atom is 0.261 e. The van der Waals surface area contributed by atoms with Gasteiger partial charge in [-0.25, -0.2) is 0 Å². The standard InChI is InChI=1S/C28H26N2O4/c1-2-34-25-15-14-18(17-30-27(32)21-11-5-6-12-22(21)28(30)33)16-23(25)26(31)29-24-13-7-9-19-8-3-4-10-20(19)24/h3-6,8,10-12,14-16,24H,2,7,9,13,17H2,1H3,(H,29,31). The molecule has 0 saturated heterocycles. The van der Waals surface area contributed by atoms with Crippen molar-refractivity contribution in [3.63, 3.8) is 0 Å². The van der Waals surface area contributed by atoms with Gasteiger partial charge in [-0.05, 0) is 67.1 Å². The molecule has 1 atom stereocenters. The van der Waals surface area contributed by atoms with Gasteiger partial charge >= 0.3 is 0 Å². The second-order valence-electron chi connectivity index (χ2n) is 8.62. The Morgan fingerprint density at radius 1 is 1.00 bits per heavy atom. The zero-order valence-corrected chi connectivity index (χ0v) is 19.0. The Morgan fingerprint density at radius 3 is 2.44 bits per heavy atom. The third-order valence-corrected chi connectivity index (χ3v) is 6.48. The Hall–Kier alpha value is -3.93. The molecule has 0 spiro atoms. The van der Waals surface area contributed by atoms with Crippen LogP contribution in [0.4, 0.5) is 0 Å². The fraction of sp³-hybridized carbons (Fsp3) is 0.250. The van der Waals surface area contributed by atoms with Crippen LogP contribution in [0.1, 0.15) is 73.6 Å². The average Bonchev–Trinajstić information content (AvgIpc) is 3.10. The van der Waals surface area contributed by atoms with Crippen molar-refractivity contribution in [1.82, 2.24) is 10.2 Å². The molecule has 0 radical (unpaired) electrons. The maximum absolute atomic E-state index is 13.4. The fourth-order valence-corrected chi connectivity index (χ4v) is 4.84. The molecule has 6 heteroatoms. The van der Waals surface area contributed by atoms with E-state index in [0.717, 1.165) is 24.8 Å². The summed E-state index contributed by atoms with van der Waals surface area (Å²) in [5.74, 6) is -0.386. The molecule has 172 valence electrons. The first-order valence-corrected chi connectivity index (χ1v) is 11.7. The molecule has 1 unspecified atom stereocenters. The van der Waals surface area contributed by atoms with Gasteiger partial charge < -0.3 is 10.1 Å². The van der Waals surface area contributed by atoms with Crippen LogP contribution in [-0.2, 0) is 13.0 Å². The van der Waals surface area contributed by atoms with Gasteiger partial charge in [0, 0.05) is 0 Å². The smallest absolute Gasteiger partial charge is 0.261 e. The number of nitrogens with one attached hydrogen (secondary N) is 1. The van der Waals surface area contributed by atoms with Gasteiger partial charge in [0.15, 0.2) is 0 Å². The molecular weight excluding hydrogens is 428 g/mol. The van der Waals surface area contributed by atoms with E-state index in [0.29, 0.717) is 34.6 Å². The van der Waals surface area contributed by atoms with Gasteiger partial charge in [0.1, 0.15) is 5.75 Å². The zero-order valence-electron chi connectivity index (χ0n) is 19.0. The molecule has 0 aromatic heterocycles. The Balaban J connectivity index is 1.40. The first-order valence-electron chi connectivity index (χ1n) is 11.7. The summed E-state index contributed by atoms with van der Waals surface area (Å²) in [4.78, 5) is 40.2. The lowest BCUT2D eigenvalue weighted by Gasteiger charge is -2.26. The summed E-state index contributed by atoms with van der Waals surface area (Å²) in [5.41, 5.74) is 4.33. The van der Waals surface area contributed by atoms with Crippen LogP contribution < -0.4 is 10.1 Å². The first kappa shape index (κ1) is 21.9. The van der Waals surface area contributed by atoms with Gasteiger partial charge in [-0.2, -0.15) is 0 Å². The molecule has 5 rings (SSSR count). The van der Waals surface area contributed by atoms with Gasteiger partial charge in [-0.1, -0.05) is 42.5 Å². The number of carbonyl (C=O) groups excluding carboxylic acids is 3. The van der Waals surface area contributed by atoms with Crippen molar-refractivity contribution in [2.24, 2.45) is 0 Å². The molecule has 34 heavy (non-hydrogen) atoms. The summed E-state index contributed by atoms with van der Waals surface area (Å²) < 4.78 is 5.73. The lowest BCUT2D eigenvalue weighted by atomic mass is 9.87. The van der Waals surface area contributed by atoms with Crippen LogP contribution in [0.25, 0.3) is 0 Å². The first-order chi connectivity index (χ1) is 16.6. The fourth-order valence-electron chi connectivity index (χ4n) is 4.84. The molecular formula is C28H26N2O4. The van der Waals surface area contributed by atoms with Crippen LogP contribution in [0.5, 0.6) is 5.75 Å². The van der Waals surface area contributed by atoms with Crippen LogP contribution in [-0.4, -0.2) is 29.2 Å². The van der Waals surface area contributed by atoms with Crippen molar-refractivity contribution in [2.75, 3.05) is 6.61 Å². The number of amides is 3. The number of benzene rings is 3. The van der Waals surface area contributed by atoms with Gasteiger partial charge in [0.2, 0.25) is 0 Å². The summed E-state index contributed by atoms with van der Waals surface area (Å²) >= 11 is 0. The van der Waals surface area contributed by atoms with E-state index in [-0.39, 0.29) is 30.3 Å². The van der Waals surface area contributed by atoms with Crippen LogP contribution in [0.2, 0.25) is 0 Å². The maximum atomic E-state index is 13.4. The Kier molecular flexibility index (Phi) is 5.88. The van der Waals surface area contributed by atoms with Gasteiger partial charge in [-0.3, -0.25) is 19.3 Å². The van der Waals surface area contributed by atoms with Gasteiger partial charge in [-0.15, -0.1) is 0 Å². The number of nitrogens with zero attached hydrogens (tertiary/aromatic N) is 1. The van der Waals surface area contributed by atoms with Crippen molar-refractivity contribution >= 4 is 17.7 Å². The SMILES string of the molecule is CCOc1ccc(CN2C(=O)c3ccccc3C2=O)cc1C(=O)NC1CCCc2ccccc21. The normalized spacial score (nSPS) is 16.7. The number of aryl methyl sites for hydroxylation is 1. The van der Waals surface area contributed by atoms with Crippen molar-refractivity contribution < 1.29 is 19.1 Å². The molecule has 0 bridgehead atoms. The van der Waals surface area contributed by atoms with Crippen molar-refractivity contribution in [3.05, 3.63) is 100 Å². The second-order valence-corrected chi connectivity index (χ2v) is 8.62. The minimum Gasteiger partial charge on any atom is -0.493 e. The molecule has 3 aromatic carbocycles. The molecule has 0 fully saturated rings. The molecule has 1 heterocycles. The predicted molar refractivity (Wildman–Crippen MR) is 128 cm³/mol. The van der Waals surface area contributed by atoms with Gasteiger partial charge in [0.25, 0.3) is 17.7 Å². The molecule has 1 aliphatic heterocycles. The second kappa shape index (κ2) is 9.14. The zero-order chi connectivity index (χ0) is 23.7. The molecule has 0 saturated carbocycles. The number of fused-ring (bicyclic) bond motifs is 2. The van der Waals surface area contributed by atoms with E-state index in [9.17, 15) is 14.4 Å². The molecule has 6 nitrogen and oxygen atoms in total. The van der Waals surface area contributed by atoms with Crippen LogP contribution in [0, 0.1) is 0 Å². The Bertz CT molecular complexity index is 1250. The number of imide groups is 1. The van der Waals surface area contributed by atoms with Crippen LogP contribution in [0.15, 0.2) is 66.7 Å². The number of carbonyl (C=O) groups is 3. The van der Waals surface area contributed by atoms with E-state index in [4.69, 9.17) is 4.74 Å². The Morgan fingerprint density at radius 2 is 1.71 bits per heavy atom. The summed E-state index contributed by atoms with van der Waals surface area (Å²) in [5, 5.41) is 3.18. The number of hydrogen-bond acceptors (Lipinski definition) is 4. The highest BCUT2D eigenvalue weighted by atomic mass is 16.5. The summed E-state index contributed by atoms with van der Waals surface area (Å²) in [6.07, 6.45) is 2.91. The van der Waals surface area contributed by atoms with E-state index in [2.05, 4.69) is 17.4 Å². The molecule has 3 aromatic rings. The van der Waals surface area contributed by atoms with Crippen molar-refractivity contribution in [2.45, 2.75) is 38.8 Å². The van der Waals surface area contributed by atoms with Crippen LogP contribution in [0.3, 0.4) is 0 Å². The largest absolute Gasteiger partial charge is 0.493 e. The van der Waals surface area contributed by atoms with E-state index in [1.54, 1.807) is 42.5 Å². The molecule has 1 aliphatic carbocycles. The van der Waals surface area contributed by atoms with E-state index < -0.39 is 0 Å². The van der Waals surface area contributed by atoms with E-state index in [1.807, 2.05) is 19.1 Å². The van der Waals surface area contributed by atoms with Gasteiger partial charge in [0.05, 0.1) is 35.9 Å². The molecule has 3 amide bonds. The summed E-state index contributed by atoms with van der Waals surface area (Å²) in [6.45, 7) is 2.38. The quantitative estimate of drug-likeness (QED) is 0.549. The van der Waals surface area contributed by atoms with Crippen molar-refractivity contribution in [1.29, 1.82) is 0 Å². The van der Waals surface area contributed by atoms with E-state index >= 15 is 0 Å². The summed E-state index contributed by atoms with van der Waals surface area (Å²) in [6, 6.07) is 20.2. The third-order valence-electron chi connectivity index (χ3n) is 6.48. The highest BCUT2D eigenvalue weighted by Crippen LogP contribution is 2.31. The topological polar surface area (TPSA) is 75.7 Å². The minimum atomic E-state index is -0.320. The number of rotatable bonds is 6. The summed E-state index contributed by atoms with van der Waals surface area (Å²) in [7, 11) is 0. The average molecular weight is 455 g/mol. The lowest BCUT2D eigenvalue weighted by Crippen LogP contribution is -2.32. The highest BCUT2D eigenvalue weighted by Gasteiger charge is 2.35. The predicted octanol–water partition coefficient (Wildman–Crippen LogP) is 4.69. The minimum absolute atomic E-state index is 0.0631. The number of hydrogen-bond donors (Lipinski definition) is 1. The lowest BCUT2D eigenvalue weighted by molar-refractivity contribution is 0.0642. The number of ether oxygens (including phenoxy) is 1. The third kappa shape index (κ3) is 3.96. The highest BCUT2D eigenvalue weighted by molar-refractivity contribution is 6.21. The van der Waals surface area contributed by atoms with Crippen molar-refractivity contribution in [3.8, 4) is 5.75 Å². The molecule has 1 N–H and O–H groups in total.